The van der Waals surface area contributed by atoms with Crippen LogP contribution < -0.4 is 10.6 Å². The van der Waals surface area contributed by atoms with Crippen molar-refractivity contribution in [1.82, 2.24) is 10.6 Å². The molecule has 2 aromatic carbocycles. The van der Waals surface area contributed by atoms with Crippen molar-refractivity contribution in [2.75, 3.05) is 0 Å². The van der Waals surface area contributed by atoms with Crippen LogP contribution in [0.1, 0.15) is 36.0 Å². The summed E-state index contributed by atoms with van der Waals surface area (Å²) in [4.78, 5) is 15.0. The molecule has 2 aliphatic heterocycles. The van der Waals surface area contributed by atoms with Crippen molar-refractivity contribution in [3.63, 3.8) is 0 Å². The van der Waals surface area contributed by atoms with Gasteiger partial charge in [-0.1, -0.05) is 42.1 Å². The first kappa shape index (κ1) is 15.7. The van der Waals surface area contributed by atoms with E-state index < -0.39 is 0 Å². The van der Waals surface area contributed by atoms with Gasteiger partial charge in [0.05, 0.1) is 5.56 Å². The molecule has 2 fully saturated rings. The summed E-state index contributed by atoms with van der Waals surface area (Å²) < 4.78 is 0. The zero-order valence-corrected chi connectivity index (χ0v) is 14.4. The van der Waals surface area contributed by atoms with Crippen molar-refractivity contribution < 1.29 is 4.79 Å². The molecular weight excluding hydrogens is 316 g/mol. The summed E-state index contributed by atoms with van der Waals surface area (Å²) in [6.07, 6.45) is 4.60. The standard InChI is InChI=1S/C20H22N2OS/c23-20(22-16-12-14-10-11-15(13-16)21-14)18-8-4-5-9-19(18)24-17-6-2-1-3-7-17/h1-9,14-16,21H,10-13H2,(H,22,23). The number of fused-ring (bicyclic) bond motifs is 2. The van der Waals surface area contributed by atoms with Crippen molar-refractivity contribution in [2.24, 2.45) is 0 Å². The van der Waals surface area contributed by atoms with E-state index in [-0.39, 0.29) is 5.91 Å². The SMILES string of the molecule is O=C(NC1CC2CCC(C1)N2)c1ccccc1Sc1ccccc1. The van der Waals surface area contributed by atoms with E-state index in [2.05, 4.69) is 22.8 Å². The second-order valence-electron chi connectivity index (χ2n) is 6.69. The van der Waals surface area contributed by atoms with Gasteiger partial charge in [0.1, 0.15) is 0 Å². The van der Waals surface area contributed by atoms with Gasteiger partial charge in [0.15, 0.2) is 0 Å². The minimum Gasteiger partial charge on any atom is -0.349 e. The highest BCUT2D eigenvalue weighted by Crippen LogP contribution is 2.31. The first-order valence-corrected chi connectivity index (χ1v) is 9.48. The molecule has 2 N–H and O–H groups in total. The number of nitrogens with one attached hydrogen (secondary N) is 2. The van der Waals surface area contributed by atoms with Crippen LogP contribution in [0.15, 0.2) is 64.4 Å². The van der Waals surface area contributed by atoms with Crippen molar-refractivity contribution in [1.29, 1.82) is 0 Å². The summed E-state index contributed by atoms with van der Waals surface area (Å²) in [6, 6.07) is 19.6. The van der Waals surface area contributed by atoms with Crippen molar-refractivity contribution >= 4 is 17.7 Å². The fourth-order valence-corrected chi connectivity index (χ4v) is 4.76. The van der Waals surface area contributed by atoms with Crippen LogP contribution in [0.2, 0.25) is 0 Å². The molecule has 2 aliphatic rings. The zero-order chi connectivity index (χ0) is 16.4. The topological polar surface area (TPSA) is 41.1 Å². The fraction of sp³-hybridized carbons (Fsp3) is 0.350. The third kappa shape index (κ3) is 3.50. The number of amides is 1. The maximum absolute atomic E-state index is 12.8. The van der Waals surface area contributed by atoms with Crippen molar-refractivity contribution in [3.8, 4) is 0 Å². The van der Waals surface area contributed by atoms with Crippen LogP contribution in [0.3, 0.4) is 0 Å². The summed E-state index contributed by atoms with van der Waals surface area (Å²) in [6.45, 7) is 0. The van der Waals surface area contributed by atoms with Crippen LogP contribution in [-0.4, -0.2) is 24.0 Å². The van der Waals surface area contributed by atoms with E-state index >= 15 is 0 Å². The van der Waals surface area contributed by atoms with Gasteiger partial charge in [-0.05, 0) is 49.9 Å². The summed E-state index contributed by atoms with van der Waals surface area (Å²) in [5.74, 6) is 0.0559. The Morgan fingerprint density at radius 2 is 1.62 bits per heavy atom. The first-order valence-electron chi connectivity index (χ1n) is 8.67. The molecule has 0 aliphatic carbocycles. The van der Waals surface area contributed by atoms with Gasteiger partial charge in [0.25, 0.3) is 5.91 Å². The molecule has 1 amide bonds. The largest absolute Gasteiger partial charge is 0.349 e. The number of carbonyl (C=O) groups excluding carboxylic acids is 1. The lowest BCUT2D eigenvalue weighted by Gasteiger charge is -2.29. The van der Waals surface area contributed by atoms with Gasteiger partial charge in [-0.15, -0.1) is 0 Å². The lowest BCUT2D eigenvalue weighted by Crippen LogP contribution is -2.48. The molecule has 24 heavy (non-hydrogen) atoms. The van der Waals surface area contributed by atoms with Gasteiger partial charge in [0, 0.05) is 27.9 Å². The summed E-state index contributed by atoms with van der Waals surface area (Å²) in [7, 11) is 0. The Morgan fingerprint density at radius 3 is 2.38 bits per heavy atom. The number of hydrogen-bond donors (Lipinski definition) is 2. The number of piperidine rings is 1. The third-order valence-electron chi connectivity index (χ3n) is 4.91. The molecule has 2 atom stereocenters. The molecule has 2 saturated heterocycles. The third-order valence-corrected chi connectivity index (χ3v) is 5.99. The number of hydrogen-bond acceptors (Lipinski definition) is 3. The normalized spacial score (nSPS) is 25.4. The van der Waals surface area contributed by atoms with Gasteiger partial charge in [-0.2, -0.15) is 0 Å². The van der Waals surface area contributed by atoms with Crippen molar-refractivity contribution in [3.05, 3.63) is 60.2 Å². The Balaban J connectivity index is 1.48. The highest BCUT2D eigenvalue weighted by Gasteiger charge is 2.34. The summed E-state index contributed by atoms with van der Waals surface area (Å²) in [5, 5.41) is 6.89. The van der Waals surface area contributed by atoms with Crippen LogP contribution >= 0.6 is 11.8 Å². The molecule has 124 valence electrons. The zero-order valence-electron chi connectivity index (χ0n) is 13.6. The molecule has 0 spiro atoms. The van der Waals surface area contributed by atoms with E-state index in [1.807, 2.05) is 42.5 Å². The minimum atomic E-state index is 0.0559. The average molecular weight is 338 g/mol. The summed E-state index contributed by atoms with van der Waals surface area (Å²) >= 11 is 1.64. The quantitative estimate of drug-likeness (QED) is 0.890. The van der Waals surface area contributed by atoms with E-state index in [0.29, 0.717) is 18.1 Å². The Labute approximate surface area is 147 Å². The monoisotopic (exact) mass is 338 g/mol. The Hall–Kier alpha value is -1.78. The van der Waals surface area contributed by atoms with Crippen LogP contribution in [-0.2, 0) is 0 Å². The van der Waals surface area contributed by atoms with Gasteiger partial charge in [-0.25, -0.2) is 0 Å². The van der Waals surface area contributed by atoms with E-state index in [1.54, 1.807) is 11.8 Å². The highest BCUT2D eigenvalue weighted by atomic mass is 32.2. The number of carbonyl (C=O) groups is 1. The molecular formula is C20H22N2OS. The fourth-order valence-electron chi connectivity index (χ4n) is 3.80. The van der Waals surface area contributed by atoms with Gasteiger partial charge in [0.2, 0.25) is 0 Å². The average Bonchev–Trinajstić information content (AvgIpc) is 2.95. The molecule has 2 unspecified atom stereocenters. The Morgan fingerprint density at radius 1 is 0.958 bits per heavy atom. The highest BCUT2D eigenvalue weighted by molar-refractivity contribution is 7.99. The molecule has 2 heterocycles. The van der Waals surface area contributed by atoms with Gasteiger partial charge in [-0.3, -0.25) is 4.79 Å². The molecule has 3 nitrogen and oxygen atoms in total. The van der Waals surface area contributed by atoms with Crippen LogP contribution in [0.25, 0.3) is 0 Å². The number of benzene rings is 2. The first-order chi connectivity index (χ1) is 11.8. The second-order valence-corrected chi connectivity index (χ2v) is 7.81. The van der Waals surface area contributed by atoms with Gasteiger partial charge >= 0.3 is 0 Å². The minimum absolute atomic E-state index is 0.0559. The Kier molecular flexibility index (Phi) is 4.58. The molecule has 4 rings (SSSR count). The molecule has 4 heteroatoms. The predicted molar refractivity (Wildman–Crippen MR) is 97.4 cm³/mol. The smallest absolute Gasteiger partial charge is 0.252 e. The van der Waals surface area contributed by atoms with Crippen LogP contribution in [0, 0.1) is 0 Å². The van der Waals surface area contributed by atoms with Crippen LogP contribution in [0.5, 0.6) is 0 Å². The van der Waals surface area contributed by atoms with E-state index in [0.717, 1.165) is 28.2 Å². The Bertz CT molecular complexity index is 707. The maximum Gasteiger partial charge on any atom is 0.252 e. The second kappa shape index (κ2) is 6.99. The van der Waals surface area contributed by atoms with E-state index in [9.17, 15) is 4.79 Å². The lowest BCUT2D eigenvalue weighted by atomic mass is 9.99. The summed E-state index contributed by atoms with van der Waals surface area (Å²) in [5.41, 5.74) is 0.775. The number of rotatable bonds is 4. The van der Waals surface area contributed by atoms with E-state index in [1.165, 1.54) is 12.8 Å². The molecule has 0 aromatic heterocycles. The predicted octanol–water partition coefficient (Wildman–Crippen LogP) is 3.85. The molecule has 2 aromatic rings. The lowest BCUT2D eigenvalue weighted by molar-refractivity contribution is 0.0921. The van der Waals surface area contributed by atoms with Gasteiger partial charge < -0.3 is 10.6 Å². The van der Waals surface area contributed by atoms with Crippen molar-refractivity contribution in [2.45, 2.75) is 53.6 Å². The molecule has 2 bridgehead atoms. The molecule has 0 radical (unpaired) electrons. The maximum atomic E-state index is 12.8. The van der Waals surface area contributed by atoms with E-state index in [4.69, 9.17) is 0 Å². The van der Waals surface area contributed by atoms with Crippen LogP contribution in [0.4, 0.5) is 0 Å². The molecule has 0 saturated carbocycles.